The number of benzene rings is 6. The molecule has 0 amide bonds. The van der Waals surface area contributed by atoms with Crippen LogP contribution in [0.3, 0.4) is 0 Å². The van der Waals surface area contributed by atoms with Gasteiger partial charge in [-0.15, -0.1) is 0 Å². The van der Waals surface area contributed by atoms with Crippen LogP contribution < -0.4 is 0 Å². The molecular weight excluding hydrogens is 488 g/mol. The normalized spacial score (nSPS) is 11.7. The topological polar surface area (TPSA) is 57.6 Å². The lowest BCUT2D eigenvalue weighted by molar-refractivity contribution is 1.16. The van der Waals surface area contributed by atoms with Gasteiger partial charge in [-0.25, -0.2) is 0 Å². The molecule has 2 aromatic heterocycles. The second-order valence-electron chi connectivity index (χ2n) is 10.2. The van der Waals surface area contributed by atoms with E-state index in [0.29, 0.717) is 0 Å². The Bertz CT molecular complexity index is 2260. The maximum atomic E-state index is 7.94. The highest BCUT2D eigenvalue weighted by molar-refractivity contribution is 6.22. The van der Waals surface area contributed by atoms with E-state index < -0.39 is 0 Å². The second kappa shape index (κ2) is 8.52. The fourth-order valence-electron chi connectivity index (χ4n) is 6.35. The second-order valence-corrected chi connectivity index (χ2v) is 10.2. The summed E-state index contributed by atoms with van der Waals surface area (Å²) in [5.41, 5.74) is 8.16. The van der Waals surface area contributed by atoms with Crippen LogP contribution in [-0.4, -0.2) is 21.6 Å². The van der Waals surface area contributed by atoms with Gasteiger partial charge in [0.2, 0.25) is 0 Å². The molecule has 0 saturated heterocycles. The Morgan fingerprint density at radius 2 is 0.975 bits per heavy atom. The lowest BCUT2D eigenvalue weighted by atomic mass is 10.0. The summed E-state index contributed by atoms with van der Waals surface area (Å²) in [6, 6.07) is 42.9. The first-order valence-corrected chi connectivity index (χ1v) is 13.4. The third-order valence-electron chi connectivity index (χ3n) is 8.12. The van der Waals surface area contributed by atoms with Gasteiger partial charge in [-0.05, 0) is 59.3 Å². The van der Waals surface area contributed by atoms with Crippen LogP contribution in [0.2, 0.25) is 0 Å². The third-order valence-corrected chi connectivity index (χ3v) is 8.12. The minimum atomic E-state index is 0.727. The highest BCUT2D eigenvalue weighted by Crippen LogP contribution is 2.39. The van der Waals surface area contributed by atoms with Crippen molar-refractivity contribution < 1.29 is 0 Å². The number of hydrogen-bond donors (Lipinski definition) is 2. The van der Waals surface area contributed by atoms with Gasteiger partial charge in [0.1, 0.15) is 0 Å². The number of rotatable bonds is 4. The smallest absolute Gasteiger partial charge is 0.0547 e. The number of nitrogens with one attached hydrogen (secondary N) is 2. The van der Waals surface area contributed by atoms with E-state index in [1.807, 2.05) is 18.2 Å². The van der Waals surface area contributed by atoms with Gasteiger partial charge in [0.25, 0.3) is 0 Å². The molecule has 8 aromatic rings. The van der Waals surface area contributed by atoms with Crippen molar-refractivity contribution in [1.82, 2.24) is 9.13 Å². The molecule has 0 bridgehead atoms. The van der Waals surface area contributed by atoms with Crippen LogP contribution in [0.4, 0.5) is 0 Å². The van der Waals surface area contributed by atoms with Gasteiger partial charge < -0.3 is 20.0 Å². The molecule has 0 atom stereocenters. The van der Waals surface area contributed by atoms with Crippen LogP contribution in [0, 0.1) is 10.8 Å². The summed E-state index contributed by atoms with van der Waals surface area (Å²) in [7, 11) is 0. The van der Waals surface area contributed by atoms with E-state index in [1.165, 1.54) is 55.8 Å². The number of para-hydroxylation sites is 2. The lowest BCUT2D eigenvalue weighted by Gasteiger charge is -2.11. The fraction of sp³-hybridized carbons (Fsp3) is 0. The monoisotopic (exact) mass is 512 g/mol. The summed E-state index contributed by atoms with van der Waals surface area (Å²) in [4.78, 5) is 0. The number of aromatic nitrogens is 2. The largest absolute Gasteiger partial charge is 0.309 e. The van der Waals surface area contributed by atoms with Gasteiger partial charge in [0, 0.05) is 56.5 Å². The first-order chi connectivity index (χ1) is 19.8. The van der Waals surface area contributed by atoms with Gasteiger partial charge in [-0.1, -0.05) is 72.8 Å². The van der Waals surface area contributed by atoms with Crippen molar-refractivity contribution in [1.29, 1.82) is 10.8 Å². The Morgan fingerprint density at radius 3 is 1.70 bits per heavy atom. The van der Waals surface area contributed by atoms with E-state index >= 15 is 0 Å². The molecule has 4 heteroatoms. The van der Waals surface area contributed by atoms with Gasteiger partial charge in [0.05, 0.1) is 22.1 Å². The first kappa shape index (κ1) is 22.5. The average Bonchev–Trinajstić information content (AvgIpc) is 3.53. The number of nitrogens with zero attached hydrogens (tertiary/aromatic N) is 2. The van der Waals surface area contributed by atoms with Crippen LogP contribution in [0.15, 0.2) is 121 Å². The number of hydrogen-bond acceptors (Lipinski definition) is 2. The molecule has 0 unspecified atom stereocenters. The molecule has 6 aromatic carbocycles. The number of fused-ring (bicyclic) bond motifs is 8. The maximum Gasteiger partial charge on any atom is 0.0547 e. The first-order valence-electron chi connectivity index (χ1n) is 13.4. The molecule has 188 valence electrons. The highest BCUT2D eigenvalue weighted by atomic mass is 15.0. The van der Waals surface area contributed by atoms with E-state index in [4.69, 9.17) is 10.8 Å². The van der Waals surface area contributed by atoms with Crippen molar-refractivity contribution in [3.05, 3.63) is 132 Å². The van der Waals surface area contributed by atoms with Crippen molar-refractivity contribution in [2.75, 3.05) is 0 Å². The minimum absolute atomic E-state index is 0.727. The zero-order valence-electron chi connectivity index (χ0n) is 21.6. The van der Waals surface area contributed by atoms with E-state index in [9.17, 15) is 0 Å². The van der Waals surface area contributed by atoms with Crippen molar-refractivity contribution in [3.8, 4) is 11.4 Å². The standard InChI is InChI=1S/C36H24N4/c37-21-24-13-15-26(19-25(24)22-38)40-34-18-16-27(20-31(34)36-28-8-2-1-7-23(28)14-17-35(36)40)39-32-11-5-3-9-29(32)30-10-4-6-12-33(30)39/h1-22,37-38H. The average molecular weight is 513 g/mol. The Hall–Kier alpha value is -5.48. The Labute approximate surface area is 230 Å². The summed E-state index contributed by atoms with van der Waals surface area (Å²) in [5.74, 6) is 0. The van der Waals surface area contributed by atoms with Crippen molar-refractivity contribution in [3.63, 3.8) is 0 Å². The SMILES string of the molecule is N=Cc1ccc(-n2c3ccc(-n4c5ccccc5c5ccccc54)cc3c3c4ccccc4ccc32)cc1C=N. The van der Waals surface area contributed by atoms with E-state index in [-0.39, 0.29) is 0 Å². The molecule has 40 heavy (non-hydrogen) atoms. The molecular formula is C36H24N4. The molecule has 0 spiro atoms. The molecule has 0 aliphatic rings. The fourth-order valence-corrected chi connectivity index (χ4v) is 6.35. The van der Waals surface area contributed by atoms with Crippen molar-refractivity contribution >= 4 is 66.8 Å². The van der Waals surface area contributed by atoms with Crippen molar-refractivity contribution in [2.45, 2.75) is 0 Å². The molecule has 0 radical (unpaired) electrons. The summed E-state index contributed by atoms with van der Waals surface area (Å²) in [6.07, 6.45) is 2.63. The zero-order valence-corrected chi connectivity index (χ0v) is 21.6. The van der Waals surface area contributed by atoms with E-state index in [0.717, 1.165) is 33.5 Å². The predicted octanol–water partition coefficient (Wildman–Crippen LogP) is 9.03. The third kappa shape index (κ3) is 3.07. The maximum absolute atomic E-state index is 7.94. The Kier molecular flexibility index (Phi) is 4.79. The molecule has 0 saturated carbocycles. The van der Waals surface area contributed by atoms with E-state index in [2.05, 4.69) is 112 Å². The Balaban J connectivity index is 1.51. The molecule has 8 rings (SSSR count). The van der Waals surface area contributed by atoms with Gasteiger partial charge in [-0.3, -0.25) is 0 Å². The Morgan fingerprint density at radius 1 is 0.425 bits per heavy atom. The lowest BCUT2D eigenvalue weighted by Crippen LogP contribution is -1.98. The molecule has 0 aliphatic carbocycles. The van der Waals surface area contributed by atoms with E-state index in [1.54, 1.807) is 0 Å². The van der Waals surface area contributed by atoms with Crippen LogP contribution in [-0.2, 0) is 0 Å². The quantitative estimate of drug-likeness (QED) is 0.221. The summed E-state index contributed by atoms with van der Waals surface area (Å²) in [5, 5.41) is 23.0. The van der Waals surface area contributed by atoms with Crippen LogP contribution in [0.25, 0.3) is 65.8 Å². The highest BCUT2D eigenvalue weighted by Gasteiger charge is 2.18. The minimum Gasteiger partial charge on any atom is -0.309 e. The van der Waals surface area contributed by atoms with Crippen molar-refractivity contribution in [2.24, 2.45) is 0 Å². The van der Waals surface area contributed by atoms with Gasteiger partial charge in [0.15, 0.2) is 0 Å². The molecule has 0 aliphatic heterocycles. The molecule has 2 N–H and O–H groups in total. The summed E-state index contributed by atoms with van der Waals surface area (Å²) in [6.45, 7) is 0. The zero-order chi connectivity index (χ0) is 26.8. The van der Waals surface area contributed by atoms with Crippen LogP contribution in [0.5, 0.6) is 0 Å². The predicted molar refractivity (Wildman–Crippen MR) is 168 cm³/mol. The van der Waals surface area contributed by atoms with Gasteiger partial charge in [-0.2, -0.15) is 0 Å². The van der Waals surface area contributed by atoms with Crippen LogP contribution >= 0.6 is 0 Å². The summed E-state index contributed by atoms with van der Waals surface area (Å²) < 4.78 is 4.65. The molecule has 4 nitrogen and oxygen atoms in total. The molecule has 0 fully saturated rings. The van der Waals surface area contributed by atoms with Gasteiger partial charge >= 0.3 is 0 Å². The summed E-state index contributed by atoms with van der Waals surface area (Å²) >= 11 is 0. The van der Waals surface area contributed by atoms with Crippen LogP contribution in [0.1, 0.15) is 11.1 Å². The molecule has 2 heterocycles.